The van der Waals surface area contributed by atoms with Crippen molar-refractivity contribution in [3.05, 3.63) is 65.2 Å². The average molecular weight is 710 g/mol. The van der Waals surface area contributed by atoms with Gasteiger partial charge in [0.25, 0.3) is 0 Å². The second-order valence-electron chi connectivity index (χ2n) is 11.3. The highest BCUT2D eigenvalue weighted by atomic mass is 35.5. The lowest BCUT2D eigenvalue weighted by atomic mass is 10.0. The van der Waals surface area contributed by atoms with Crippen LogP contribution in [0.5, 0.6) is 5.75 Å². The van der Waals surface area contributed by atoms with E-state index in [2.05, 4.69) is 15.4 Å². The summed E-state index contributed by atoms with van der Waals surface area (Å²) in [6.07, 6.45) is 3.48. The second kappa shape index (κ2) is 21.9. The zero-order chi connectivity index (χ0) is 34.9. The molecule has 0 saturated carbocycles. The summed E-state index contributed by atoms with van der Waals surface area (Å²) in [5.41, 5.74) is 14.3. The molecule has 0 spiro atoms. The van der Waals surface area contributed by atoms with Crippen LogP contribution < -0.4 is 22.1 Å². The van der Waals surface area contributed by atoms with Gasteiger partial charge in [-0.1, -0.05) is 42.8 Å². The van der Waals surface area contributed by atoms with Crippen molar-refractivity contribution >= 4 is 52.8 Å². The molecule has 13 nitrogen and oxygen atoms in total. The van der Waals surface area contributed by atoms with Crippen molar-refractivity contribution in [2.75, 3.05) is 32.2 Å². The molecule has 2 aromatic rings. The van der Waals surface area contributed by atoms with Crippen molar-refractivity contribution in [2.24, 2.45) is 11.5 Å². The molecule has 0 fully saturated rings. The van der Waals surface area contributed by atoms with Crippen LogP contribution in [0.25, 0.3) is 0 Å². The number of aryl methyl sites for hydroxylation is 1. The maximum atomic E-state index is 13.7. The van der Waals surface area contributed by atoms with Gasteiger partial charge in [0.15, 0.2) is 0 Å². The van der Waals surface area contributed by atoms with Crippen LogP contribution in [0.2, 0.25) is 0 Å². The van der Waals surface area contributed by atoms with Gasteiger partial charge in [-0.2, -0.15) is 0 Å². The van der Waals surface area contributed by atoms with Crippen molar-refractivity contribution in [3.63, 3.8) is 0 Å². The normalized spacial score (nSPS) is 13.2. The highest BCUT2D eigenvalue weighted by Crippen LogP contribution is 2.17. The number of carbonyl (C=O) groups excluding carboxylic acids is 5. The number of carbonyl (C=O) groups is 5. The Morgan fingerprint density at radius 2 is 1.62 bits per heavy atom. The van der Waals surface area contributed by atoms with Gasteiger partial charge in [-0.3, -0.25) is 33.5 Å². The standard InChI is InChI=1S/C33H47N5O8S.ClH/c1-22-18-25(39)14-13-24(22)20-27(35)31(42)36-21-29(40)38(16-9-5-8-12-30(41)46-2)28(19-23-10-6-4-7-11-23)33(44)37-32(43)26(34)15-17-47(3)45;/h4,6-7,10-11,13-14,18,26-28,39H,5,8-9,12,15-17,19-21,34-35H2,1-3H3,(H,36,42)(H,37,43,44);1H/t26?,27-,28+,47?;/m1./s1. The first-order valence-corrected chi connectivity index (χ1v) is 17.2. The summed E-state index contributed by atoms with van der Waals surface area (Å²) in [4.78, 5) is 65.9. The monoisotopic (exact) mass is 709 g/mol. The second-order valence-corrected chi connectivity index (χ2v) is 12.9. The fourth-order valence-electron chi connectivity index (χ4n) is 4.82. The molecule has 2 rings (SSSR count). The third kappa shape index (κ3) is 14.9. The molecule has 0 aliphatic heterocycles. The van der Waals surface area contributed by atoms with Crippen molar-refractivity contribution < 1.29 is 38.0 Å². The molecular weight excluding hydrogens is 662 g/mol. The van der Waals surface area contributed by atoms with Crippen molar-refractivity contribution in [1.29, 1.82) is 0 Å². The summed E-state index contributed by atoms with van der Waals surface area (Å²) in [6.45, 7) is 1.42. The van der Waals surface area contributed by atoms with Crippen LogP contribution in [0, 0.1) is 6.92 Å². The van der Waals surface area contributed by atoms with E-state index >= 15 is 0 Å². The summed E-state index contributed by atoms with van der Waals surface area (Å²) in [7, 11) is 0.124. The largest absolute Gasteiger partial charge is 0.508 e. The van der Waals surface area contributed by atoms with Gasteiger partial charge in [0.1, 0.15) is 11.8 Å². The van der Waals surface area contributed by atoms with Crippen LogP contribution in [0.15, 0.2) is 48.5 Å². The number of unbranched alkanes of at least 4 members (excludes halogenated alkanes) is 2. The van der Waals surface area contributed by atoms with E-state index in [1.807, 2.05) is 0 Å². The Labute approximate surface area is 290 Å². The molecule has 15 heteroatoms. The van der Waals surface area contributed by atoms with Crippen LogP contribution in [0.4, 0.5) is 0 Å². The molecule has 0 heterocycles. The maximum absolute atomic E-state index is 13.7. The molecule has 0 aliphatic carbocycles. The summed E-state index contributed by atoms with van der Waals surface area (Å²) in [6, 6.07) is 10.5. The topological polar surface area (TPSA) is 211 Å². The minimum absolute atomic E-state index is 0. The number of hydrogen-bond acceptors (Lipinski definition) is 10. The zero-order valence-corrected chi connectivity index (χ0v) is 29.3. The van der Waals surface area contributed by atoms with Gasteiger partial charge in [0.05, 0.1) is 25.7 Å². The fraction of sp³-hybridized carbons (Fsp3) is 0.485. The summed E-state index contributed by atoms with van der Waals surface area (Å²) in [5.74, 6) is -2.75. The molecule has 48 heavy (non-hydrogen) atoms. The highest BCUT2D eigenvalue weighted by molar-refractivity contribution is 7.84. The van der Waals surface area contributed by atoms with Gasteiger partial charge in [-0.25, -0.2) is 0 Å². The van der Waals surface area contributed by atoms with E-state index in [9.17, 15) is 33.3 Å². The molecule has 266 valence electrons. The molecule has 0 aromatic heterocycles. The number of aromatic hydroxyl groups is 1. The van der Waals surface area contributed by atoms with Crippen molar-refractivity contribution in [2.45, 2.75) is 70.0 Å². The minimum Gasteiger partial charge on any atom is -0.508 e. The summed E-state index contributed by atoms with van der Waals surface area (Å²) in [5, 5.41) is 14.6. The van der Waals surface area contributed by atoms with Gasteiger partial charge in [-0.15, -0.1) is 12.4 Å². The number of imide groups is 1. The molecular formula is C33H48ClN5O8S. The lowest BCUT2D eigenvalue weighted by molar-refractivity contribution is -0.143. The Balaban J connectivity index is 0.0000115. The van der Waals surface area contributed by atoms with Crippen LogP contribution >= 0.6 is 12.4 Å². The smallest absolute Gasteiger partial charge is 0.305 e. The molecule has 4 amide bonds. The minimum atomic E-state index is -1.18. The van der Waals surface area contributed by atoms with E-state index in [4.69, 9.17) is 11.5 Å². The first-order valence-electron chi connectivity index (χ1n) is 15.4. The third-order valence-corrected chi connectivity index (χ3v) is 8.41. The van der Waals surface area contributed by atoms with Gasteiger partial charge < -0.3 is 31.5 Å². The van der Waals surface area contributed by atoms with Crippen molar-refractivity contribution in [1.82, 2.24) is 15.5 Å². The van der Waals surface area contributed by atoms with E-state index in [0.29, 0.717) is 19.3 Å². The lowest BCUT2D eigenvalue weighted by Crippen LogP contribution is -2.56. The molecule has 0 radical (unpaired) electrons. The Morgan fingerprint density at radius 3 is 2.25 bits per heavy atom. The SMILES string of the molecule is COC(=O)CCCCCN(C(=O)CNC(=O)[C@H](N)Cc1ccc(O)cc1C)[C@@H](Cc1ccccc1)C(=O)NC(=O)C(N)CCS(C)=O.Cl. The number of halogens is 1. The van der Waals surface area contributed by atoms with E-state index in [-0.39, 0.29) is 62.1 Å². The number of nitrogens with one attached hydrogen (secondary N) is 2. The number of phenols is 1. The number of rotatable bonds is 19. The Kier molecular flexibility index (Phi) is 19.3. The van der Waals surface area contributed by atoms with Gasteiger partial charge in [0.2, 0.25) is 23.6 Å². The molecule has 2 aromatic carbocycles. The van der Waals surface area contributed by atoms with E-state index in [1.54, 1.807) is 49.4 Å². The quantitative estimate of drug-likeness (QED) is 0.103. The Morgan fingerprint density at radius 1 is 0.938 bits per heavy atom. The predicted molar refractivity (Wildman–Crippen MR) is 186 cm³/mol. The Hall–Kier alpha value is -3.85. The first-order chi connectivity index (χ1) is 22.3. The van der Waals surface area contributed by atoms with Gasteiger partial charge >= 0.3 is 5.97 Å². The number of phenolic OH excluding ortho intramolecular Hbond substituents is 1. The molecule has 4 atom stereocenters. The van der Waals surface area contributed by atoms with E-state index < -0.39 is 59.1 Å². The predicted octanol–water partition coefficient (Wildman–Crippen LogP) is 1.02. The fourth-order valence-corrected chi connectivity index (χ4v) is 5.41. The highest BCUT2D eigenvalue weighted by Gasteiger charge is 2.32. The lowest BCUT2D eigenvalue weighted by Gasteiger charge is -2.31. The van der Waals surface area contributed by atoms with Crippen LogP contribution in [-0.4, -0.2) is 94.1 Å². The summed E-state index contributed by atoms with van der Waals surface area (Å²) >= 11 is 0. The number of benzene rings is 2. The average Bonchev–Trinajstić information content (AvgIpc) is 3.04. The Bertz CT molecular complexity index is 1400. The number of hydrogen-bond donors (Lipinski definition) is 5. The third-order valence-electron chi connectivity index (χ3n) is 7.59. The van der Waals surface area contributed by atoms with Gasteiger partial charge in [-0.05, 0) is 61.4 Å². The summed E-state index contributed by atoms with van der Waals surface area (Å²) < 4.78 is 16.2. The molecule has 0 saturated heterocycles. The van der Waals surface area contributed by atoms with E-state index in [1.165, 1.54) is 24.3 Å². The zero-order valence-electron chi connectivity index (χ0n) is 27.6. The number of nitrogens with two attached hydrogens (primary N) is 2. The van der Waals surface area contributed by atoms with Crippen LogP contribution in [-0.2, 0) is 52.4 Å². The number of methoxy groups -OCH3 is 1. The molecule has 7 N–H and O–H groups in total. The van der Waals surface area contributed by atoms with Crippen LogP contribution in [0.1, 0.15) is 48.8 Å². The van der Waals surface area contributed by atoms with Gasteiger partial charge in [0, 0.05) is 42.2 Å². The first kappa shape index (κ1) is 42.2. The number of nitrogens with zero attached hydrogens (tertiary/aromatic N) is 1. The number of esters is 1. The van der Waals surface area contributed by atoms with Crippen LogP contribution in [0.3, 0.4) is 0 Å². The van der Waals surface area contributed by atoms with E-state index in [0.717, 1.165) is 16.7 Å². The maximum Gasteiger partial charge on any atom is 0.305 e. The van der Waals surface area contributed by atoms with Crippen molar-refractivity contribution in [3.8, 4) is 5.75 Å². The number of amides is 4. The molecule has 0 bridgehead atoms. The molecule has 2 unspecified atom stereocenters. The molecule has 0 aliphatic rings. The number of ether oxygens (including phenoxy) is 1.